The number of piperidine rings is 1. The molecule has 1 aliphatic rings. The average molecular weight is 246 g/mol. The summed E-state index contributed by atoms with van der Waals surface area (Å²) in [6, 6.07) is 11.5. The molecule has 0 radical (unpaired) electrons. The fraction of sp³-hybridized carbons (Fsp3) is 0.625. The molecule has 2 nitrogen and oxygen atoms in total. The summed E-state index contributed by atoms with van der Waals surface area (Å²) in [6.07, 6.45) is 3.89. The van der Waals surface area contributed by atoms with Gasteiger partial charge in [-0.15, -0.1) is 0 Å². The monoisotopic (exact) mass is 246 g/mol. The van der Waals surface area contributed by atoms with Crippen LogP contribution in [-0.2, 0) is 0 Å². The predicted molar refractivity (Wildman–Crippen MR) is 77.7 cm³/mol. The van der Waals surface area contributed by atoms with E-state index in [0.717, 1.165) is 5.92 Å². The summed E-state index contributed by atoms with van der Waals surface area (Å²) in [5.41, 5.74) is 1.45. The third kappa shape index (κ3) is 3.56. The number of nitrogens with zero attached hydrogens (tertiary/aromatic N) is 1. The normalized spacial score (nSPS) is 22.1. The SMILES string of the molecule is CCC(c1ccccc1)N(C)CC1CCCNC1. The maximum Gasteiger partial charge on any atom is 0.0342 e. The number of hydrogen-bond acceptors (Lipinski definition) is 2. The van der Waals surface area contributed by atoms with E-state index in [2.05, 4.69) is 54.5 Å². The van der Waals surface area contributed by atoms with Crippen LogP contribution < -0.4 is 5.32 Å². The van der Waals surface area contributed by atoms with Gasteiger partial charge in [0.1, 0.15) is 0 Å². The minimum Gasteiger partial charge on any atom is -0.316 e. The molecule has 1 N–H and O–H groups in total. The van der Waals surface area contributed by atoms with E-state index in [-0.39, 0.29) is 0 Å². The second-order valence-corrected chi connectivity index (χ2v) is 5.49. The van der Waals surface area contributed by atoms with E-state index in [1.807, 2.05) is 0 Å². The van der Waals surface area contributed by atoms with E-state index in [1.54, 1.807) is 0 Å². The maximum atomic E-state index is 3.51. The topological polar surface area (TPSA) is 15.3 Å². The van der Waals surface area contributed by atoms with Gasteiger partial charge in [-0.3, -0.25) is 4.90 Å². The zero-order valence-electron chi connectivity index (χ0n) is 11.7. The van der Waals surface area contributed by atoms with Crippen molar-refractivity contribution in [3.63, 3.8) is 0 Å². The molecule has 18 heavy (non-hydrogen) atoms. The van der Waals surface area contributed by atoms with Crippen LogP contribution in [0.3, 0.4) is 0 Å². The summed E-state index contributed by atoms with van der Waals surface area (Å²) < 4.78 is 0. The van der Waals surface area contributed by atoms with Gasteiger partial charge in [0, 0.05) is 12.6 Å². The van der Waals surface area contributed by atoms with E-state index in [4.69, 9.17) is 0 Å². The standard InChI is InChI=1S/C16H26N2/c1-3-16(15-9-5-4-6-10-15)18(2)13-14-8-7-11-17-12-14/h4-6,9-10,14,16-17H,3,7-8,11-13H2,1-2H3. The summed E-state index contributed by atoms with van der Waals surface area (Å²) >= 11 is 0. The zero-order chi connectivity index (χ0) is 12.8. The van der Waals surface area contributed by atoms with E-state index < -0.39 is 0 Å². The third-order valence-corrected chi connectivity index (χ3v) is 4.05. The number of benzene rings is 1. The highest BCUT2D eigenvalue weighted by atomic mass is 15.1. The van der Waals surface area contributed by atoms with E-state index in [9.17, 15) is 0 Å². The highest BCUT2D eigenvalue weighted by Gasteiger charge is 2.20. The smallest absolute Gasteiger partial charge is 0.0342 e. The van der Waals surface area contributed by atoms with E-state index in [1.165, 1.54) is 44.5 Å². The molecule has 2 atom stereocenters. The van der Waals surface area contributed by atoms with Crippen molar-refractivity contribution in [3.05, 3.63) is 35.9 Å². The molecule has 1 aromatic rings. The van der Waals surface area contributed by atoms with Crippen molar-refractivity contribution in [2.45, 2.75) is 32.2 Å². The number of nitrogens with one attached hydrogen (secondary N) is 1. The minimum atomic E-state index is 0.563. The Hall–Kier alpha value is -0.860. The van der Waals surface area contributed by atoms with Gasteiger partial charge in [-0.2, -0.15) is 0 Å². The average Bonchev–Trinajstić information content (AvgIpc) is 2.42. The van der Waals surface area contributed by atoms with Crippen LogP contribution in [0, 0.1) is 5.92 Å². The van der Waals surface area contributed by atoms with Crippen LogP contribution in [0.5, 0.6) is 0 Å². The molecule has 1 heterocycles. The maximum absolute atomic E-state index is 3.51. The molecular weight excluding hydrogens is 220 g/mol. The molecule has 0 aliphatic carbocycles. The largest absolute Gasteiger partial charge is 0.316 e. The molecule has 1 fully saturated rings. The highest BCUT2D eigenvalue weighted by Crippen LogP contribution is 2.24. The van der Waals surface area contributed by atoms with Crippen molar-refractivity contribution in [3.8, 4) is 0 Å². The molecule has 0 amide bonds. The lowest BCUT2D eigenvalue weighted by atomic mass is 9.96. The Morgan fingerprint density at radius 1 is 1.33 bits per heavy atom. The molecule has 0 bridgehead atoms. The fourth-order valence-corrected chi connectivity index (χ4v) is 3.09. The number of rotatable bonds is 5. The molecule has 2 unspecified atom stereocenters. The first-order chi connectivity index (χ1) is 8.81. The molecular formula is C16H26N2. The summed E-state index contributed by atoms with van der Waals surface area (Å²) in [5, 5.41) is 3.51. The van der Waals surface area contributed by atoms with E-state index >= 15 is 0 Å². The molecule has 1 saturated heterocycles. The molecule has 1 aliphatic heterocycles. The van der Waals surface area contributed by atoms with E-state index in [0.29, 0.717) is 6.04 Å². The van der Waals surface area contributed by atoms with Crippen molar-refractivity contribution in [2.24, 2.45) is 5.92 Å². The summed E-state index contributed by atoms with van der Waals surface area (Å²) in [5.74, 6) is 0.821. The van der Waals surface area contributed by atoms with Gasteiger partial charge in [-0.05, 0) is 50.9 Å². The Bertz CT molecular complexity index is 330. The van der Waals surface area contributed by atoms with Crippen molar-refractivity contribution in [2.75, 3.05) is 26.7 Å². The number of hydrogen-bond donors (Lipinski definition) is 1. The molecule has 0 aromatic heterocycles. The van der Waals surface area contributed by atoms with Gasteiger partial charge < -0.3 is 5.32 Å². The van der Waals surface area contributed by atoms with Crippen LogP contribution in [0.25, 0.3) is 0 Å². The van der Waals surface area contributed by atoms with Crippen molar-refractivity contribution in [1.82, 2.24) is 10.2 Å². The first-order valence-corrected chi connectivity index (χ1v) is 7.27. The second kappa shape index (κ2) is 6.91. The van der Waals surface area contributed by atoms with Gasteiger partial charge in [0.25, 0.3) is 0 Å². The molecule has 0 spiro atoms. The molecule has 100 valence electrons. The van der Waals surface area contributed by atoms with Gasteiger partial charge in [-0.25, -0.2) is 0 Å². The zero-order valence-corrected chi connectivity index (χ0v) is 11.7. The first-order valence-electron chi connectivity index (χ1n) is 7.27. The van der Waals surface area contributed by atoms with Crippen LogP contribution in [0.1, 0.15) is 37.8 Å². The molecule has 2 rings (SSSR count). The lowest BCUT2D eigenvalue weighted by molar-refractivity contribution is 0.185. The van der Waals surface area contributed by atoms with Gasteiger partial charge in [-0.1, -0.05) is 37.3 Å². The predicted octanol–water partition coefficient (Wildman–Crippen LogP) is 3.07. The van der Waals surface area contributed by atoms with Crippen molar-refractivity contribution < 1.29 is 0 Å². The highest BCUT2D eigenvalue weighted by molar-refractivity contribution is 5.18. The Balaban J connectivity index is 1.94. The van der Waals surface area contributed by atoms with Crippen LogP contribution in [0.4, 0.5) is 0 Å². The van der Waals surface area contributed by atoms with Gasteiger partial charge in [0.05, 0.1) is 0 Å². The van der Waals surface area contributed by atoms with Crippen LogP contribution in [0.2, 0.25) is 0 Å². The van der Waals surface area contributed by atoms with Gasteiger partial charge in [0.15, 0.2) is 0 Å². The summed E-state index contributed by atoms with van der Waals surface area (Å²) in [7, 11) is 2.27. The third-order valence-electron chi connectivity index (χ3n) is 4.05. The fourth-order valence-electron chi connectivity index (χ4n) is 3.09. The van der Waals surface area contributed by atoms with Crippen molar-refractivity contribution in [1.29, 1.82) is 0 Å². The van der Waals surface area contributed by atoms with Gasteiger partial charge >= 0.3 is 0 Å². The van der Waals surface area contributed by atoms with Crippen molar-refractivity contribution >= 4 is 0 Å². The van der Waals surface area contributed by atoms with Crippen LogP contribution >= 0.6 is 0 Å². The second-order valence-electron chi connectivity index (χ2n) is 5.49. The van der Waals surface area contributed by atoms with Gasteiger partial charge in [0.2, 0.25) is 0 Å². The molecule has 0 saturated carbocycles. The molecule has 1 aromatic carbocycles. The lowest BCUT2D eigenvalue weighted by Crippen LogP contribution is -2.38. The summed E-state index contributed by atoms with van der Waals surface area (Å²) in [4.78, 5) is 2.53. The first kappa shape index (κ1) is 13.6. The Kier molecular flexibility index (Phi) is 5.21. The Morgan fingerprint density at radius 3 is 2.72 bits per heavy atom. The minimum absolute atomic E-state index is 0.563. The molecule has 2 heteroatoms. The lowest BCUT2D eigenvalue weighted by Gasteiger charge is -2.33. The van der Waals surface area contributed by atoms with Crippen LogP contribution in [-0.4, -0.2) is 31.6 Å². The Morgan fingerprint density at radius 2 is 2.11 bits per heavy atom. The quantitative estimate of drug-likeness (QED) is 0.859. The Labute approximate surface area is 111 Å². The summed E-state index contributed by atoms with van der Waals surface area (Å²) in [6.45, 7) is 5.89. The van der Waals surface area contributed by atoms with Crippen LogP contribution in [0.15, 0.2) is 30.3 Å².